The normalized spacial score (nSPS) is 13.0. The lowest BCUT2D eigenvalue weighted by molar-refractivity contribution is 0.694. The number of hydrogen-bond acceptors (Lipinski definition) is 2. The molecule has 138 valence electrons. The Hall–Kier alpha value is -3.52. The van der Waals surface area contributed by atoms with Crippen molar-refractivity contribution in [1.82, 2.24) is 0 Å². The molecule has 0 aliphatic carbocycles. The van der Waals surface area contributed by atoms with Gasteiger partial charge in [0.1, 0.15) is 0 Å². The fourth-order valence-electron chi connectivity index (χ4n) is 3.88. The van der Waals surface area contributed by atoms with E-state index in [1.165, 1.54) is 22.3 Å². The van der Waals surface area contributed by atoms with Crippen LogP contribution in [0.5, 0.6) is 0 Å². The molecule has 0 spiro atoms. The minimum absolute atomic E-state index is 0.160. The van der Waals surface area contributed by atoms with E-state index in [4.69, 9.17) is 11.5 Å². The molecule has 2 heteroatoms. The van der Waals surface area contributed by atoms with E-state index in [1.807, 2.05) is 24.3 Å². The molecule has 0 saturated heterocycles. The van der Waals surface area contributed by atoms with E-state index in [0.29, 0.717) is 0 Å². The first-order valence-electron chi connectivity index (χ1n) is 9.53. The predicted octanol–water partition coefficient (Wildman–Crippen LogP) is 5.82. The second kappa shape index (κ2) is 8.01. The van der Waals surface area contributed by atoms with Gasteiger partial charge in [-0.25, -0.2) is 0 Å². The number of rotatable bonds is 5. The van der Waals surface area contributed by atoms with Crippen LogP contribution in [-0.2, 0) is 0 Å². The van der Waals surface area contributed by atoms with Crippen molar-refractivity contribution in [3.8, 4) is 0 Å². The summed E-state index contributed by atoms with van der Waals surface area (Å²) in [6.07, 6.45) is 0. The first-order valence-corrected chi connectivity index (χ1v) is 9.53. The third-order valence-corrected chi connectivity index (χ3v) is 5.24. The third kappa shape index (κ3) is 3.77. The summed E-state index contributed by atoms with van der Waals surface area (Å²) in [6.45, 7) is 0. The summed E-state index contributed by atoms with van der Waals surface area (Å²) >= 11 is 0. The van der Waals surface area contributed by atoms with Gasteiger partial charge < -0.3 is 11.5 Å². The molecule has 2 nitrogen and oxygen atoms in total. The lowest BCUT2D eigenvalue weighted by Crippen LogP contribution is -2.15. The summed E-state index contributed by atoms with van der Waals surface area (Å²) in [5.41, 5.74) is 18.5. The zero-order chi connectivity index (χ0) is 19.3. The van der Waals surface area contributed by atoms with Crippen LogP contribution in [-0.4, -0.2) is 0 Å². The van der Waals surface area contributed by atoms with Crippen LogP contribution >= 0.6 is 0 Å². The number of benzene rings is 4. The van der Waals surface area contributed by atoms with E-state index in [-0.39, 0.29) is 11.8 Å². The van der Waals surface area contributed by atoms with Crippen LogP contribution in [0, 0.1) is 0 Å². The molecule has 2 atom stereocenters. The van der Waals surface area contributed by atoms with E-state index in [9.17, 15) is 0 Å². The zero-order valence-corrected chi connectivity index (χ0v) is 15.7. The molecule has 4 aromatic rings. The second-order valence-corrected chi connectivity index (χ2v) is 7.11. The molecular formula is C26H24N2. The van der Waals surface area contributed by atoms with E-state index < -0.39 is 0 Å². The molecule has 0 radical (unpaired) electrons. The summed E-state index contributed by atoms with van der Waals surface area (Å²) in [5.74, 6) is 0.320. The number of hydrogen-bond donors (Lipinski definition) is 2. The Balaban J connectivity index is 1.93. The Morgan fingerprint density at radius 3 is 0.964 bits per heavy atom. The van der Waals surface area contributed by atoms with Gasteiger partial charge in [-0.3, -0.25) is 0 Å². The van der Waals surface area contributed by atoms with Crippen molar-refractivity contribution in [3.63, 3.8) is 0 Å². The summed E-state index contributed by atoms with van der Waals surface area (Å²) in [6, 6.07) is 37.8. The van der Waals surface area contributed by atoms with Crippen molar-refractivity contribution in [2.75, 3.05) is 11.5 Å². The molecule has 0 heterocycles. The van der Waals surface area contributed by atoms with Crippen molar-refractivity contribution in [1.29, 1.82) is 0 Å². The third-order valence-electron chi connectivity index (χ3n) is 5.24. The van der Waals surface area contributed by atoms with Gasteiger partial charge in [0, 0.05) is 23.2 Å². The smallest absolute Gasteiger partial charge is 0.0314 e. The number of anilines is 2. The number of nitrogen functional groups attached to an aromatic ring is 2. The first kappa shape index (κ1) is 17.9. The van der Waals surface area contributed by atoms with Crippen LogP contribution in [0.25, 0.3) is 0 Å². The van der Waals surface area contributed by atoms with Gasteiger partial charge in [-0.05, 0) is 46.5 Å². The Kier molecular flexibility index (Phi) is 5.11. The standard InChI is InChI=1S/C26H24N2/c27-23-15-11-21(12-16-23)25(19-7-3-1-4-8-19)26(20-9-5-2-6-10-20)22-13-17-24(28)18-14-22/h1-18,25-26H,27-28H2. The predicted molar refractivity (Wildman–Crippen MR) is 118 cm³/mol. The van der Waals surface area contributed by atoms with Crippen LogP contribution in [0.1, 0.15) is 34.1 Å². The SMILES string of the molecule is Nc1ccc(C(c2ccccc2)C(c2ccccc2)c2ccc(N)cc2)cc1. The van der Waals surface area contributed by atoms with Crippen LogP contribution in [0.3, 0.4) is 0 Å². The molecular weight excluding hydrogens is 340 g/mol. The topological polar surface area (TPSA) is 52.0 Å². The maximum atomic E-state index is 5.97. The monoisotopic (exact) mass is 364 g/mol. The largest absolute Gasteiger partial charge is 0.399 e. The van der Waals surface area contributed by atoms with Crippen molar-refractivity contribution >= 4 is 11.4 Å². The van der Waals surface area contributed by atoms with Gasteiger partial charge in [0.25, 0.3) is 0 Å². The minimum atomic E-state index is 0.160. The highest BCUT2D eigenvalue weighted by Gasteiger charge is 2.28. The van der Waals surface area contributed by atoms with Crippen molar-refractivity contribution in [3.05, 3.63) is 131 Å². The molecule has 0 fully saturated rings. The van der Waals surface area contributed by atoms with Crippen molar-refractivity contribution in [2.24, 2.45) is 0 Å². The fourth-order valence-corrected chi connectivity index (χ4v) is 3.88. The van der Waals surface area contributed by atoms with E-state index in [1.54, 1.807) is 0 Å². The molecule has 0 aliphatic rings. The first-order chi connectivity index (χ1) is 13.7. The van der Waals surface area contributed by atoms with Crippen LogP contribution in [0.15, 0.2) is 109 Å². The Morgan fingerprint density at radius 2 is 0.643 bits per heavy atom. The summed E-state index contributed by atoms with van der Waals surface area (Å²) in [5, 5.41) is 0. The molecule has 4 N–H and O–H groups in total. The summed E-state index contributed by atoms with van der Waals surface area (Å²) in [7, 11) is 0. The van der Waals surface area contributed by atoms with Gasteiger partial charge in [-0.15, -0.1) is 0 Å². The molecule has 2 unspecified atom stereocenters. The molecule has 0 saturated carbocycles. The Morgan fingerprint density at radius 1 is 0.357 bits per heavy atom. The molecule has 0 amide bonds. The highest BCUT2D eigenvalue weighted by Crippen LogP contribution is 2.43. The van der Waals surface area contributed by atoms with Crippen LogP contribution in [0.4, 0.5) is 11.4 Å². The number of nitrogens with two attached hydrogens (primary N) is 2. The van der Waals surface area contributed by atoms with Crippen molar-refractivity contribution in [2.45, 2.75) is 11.8 Å². The van der Waals surface area contributed by atoms with E-state index >= 15 is 0 Å². The molecule has 28 heavy (non-hydrogen) atoms. The highest BCUT2D eigenvalue weighted by molar-refractivity contribution is 5.50. The van der Waals surface area contributed by atoms with Gasteiger partial charge in [0.05, 0.1) is 0 Å². The average Bonchev–Trinajstić information content (AvgIpc) is 2.75. The van der Waals surface area contributed by atoms with Crippen molar-refractivity contribution < 1.29 is 0 Å². The average molecular weight is 364 g/mol. The van der Waals surface area contributed by atoms with Gasteiger partial charge in [-0.2, -0.15) is 0 Å². The molecule has 0 bridgehead atoms. The molecule has 0 aliphatic heterocycles. The lowest BCUT2D eigenvalue weighted by Gasteiger charge is -2.29. The minimum Gasteiger partial charge on any atom is -0.399 e. The molecule has 0 aromatic heterocycles. The van der Waals surface area contributed by atoms with Gasteiger partial charge in [0.15, 0.2) is 0 Å². The second-order valence-electron chi connectivity index (χ2n) is 7.11. The summed E-state index contributed by atoms with van der Waals surface area (Å²) < 4.78 is 0. The maximum absolute atomic E-state index is 5.97. The zero-order valence-electron chi connectivity index (χ0n) is 15.7. The quantitative estimate of drug-likeness (QED) is 0.439. The maximum Gasteiger partial charge on any atom is 0.0314 e. The van der Waals surface area contributed by atoms with E-state index in [2.05, 4.69) is 84.9 Å². The van der Waals surface area contributed by atoms with Gasteiger partial charge in [-0.1, -0.05) is 84.9 Å². The van der Waals surface area contributed by atoms with Crippen LogP contribution < -0.4 is 11.5 Å². The molecule has 4 rings (SSSR count). The fraction of sp³-hybridized carbons (Fsp3) is 0.0769. The molecule has 4 aromatic carbocycles. The van der Waals surface area contributed by atoms with E-state index in [0.717, 1.165) is 11.4 Å². The summed E-state index contributed by atoms with van der Waals surface area (Å²) in [4.78, 5) is 0. The Labute approximate surface area is 166 Å². The highest BCUT2D eigenvalue weighted by atomic mass is 14.5. The van der Waals surface area contributed by atoms with Gasteiger partial charge in [0.2, 0.25) is 0 Å². The lowest BCUT2D eigenvalue weighted by atomic mass is 9.74. The Bertz CT molecular complexity index is 920. The van der Waals surface area contributed by atoms with Gasteiger partial charge >= 0.3 is 0 Å². The van der Waals surface area contributed by atoms with Crippen LogP contribution in [0.2, 0.25) is 0 Å².